The zero-order valence-corrected chi connectivity index (χ0v) is 18.5. The summed E-state index contributed by atoms with van der Waals surface area (Å²) in [5.74, 6) is 1.69. The summed E-state index contributed by atoms with van der Waals surface area (Å²) in [4.78, 5) is 21.3. The molecule has 1 fully saturated rings. The highest BCUT2D eigenvalue weighted by atomic mass is 32.1. The van der Waals surface area contributed by atoms with Crippen molar-refractivity contribution in [2.45, 2.75) is 39.0 Å². The fourth-order valence-corrected chi connectivity index (χ4v) is 5.23. The number of benzene rings is 1. The van der Waals surface area contributed by atoms with Gasteiger partial charge in [-0.15, -0.1) is 11.3 Å². The van der Waals surface area contributed by atoms with Gasteiger partial charge in [-0.05, 0) is 31.9 Å². The predicted molar refractivity (Wildman–Crippen MR) is 121 cm³/mol. The second kappa shape index (κ2) is 8.19. The van der Waals surface area contributed by atoms with Gasteiger partial charge < -0.3 is 14.7 Å². The van der Waals surface area contributed by atoms with E-state index in [2.05, 4.69) is 20.3 Å². The number of carbonyl (C=O) groups is 1. The first-order chi connectivity index (χ1) is 15.2. The number of hydrogen-bond acceptors (Lipinski definition) is 6. The molecule has 7 nitrogen and oxygen atoms in total. The van der Waals surface area contributed by atoms with E-state index in [1.54, 1.807) is 11.3 Å². The van der Waals surface area contributed by atoms with Crippen LogP contribution in [0.5, 0.6) is 0 Å². The Morgan fingerprint density at radius 3 is 2.97 bits per heavy atom. The molecule has 0 aliphatic carbocycles. The van der Waals surface area contributed by atoms with Gasteiger partial charge in [-0.3, -0.25) is 9.20 Å². The molecule has 1 saturated heterocycles. The monoisotopic (exact) mass is 435 g/mol. The Bertz CT molecular complexity index is 1210. The van der Waals surface area contributed by atoms with Crippen molar-refractivity contribution >= 4 is 33.7 Å². The number of aromatic nitrogens is 3. The molecular formula is C23H25N5O2S. The Balaban J connectivity index is 1.42. The Morgan fingerprint density at radius 2 is 2.16 bits per heavy atom. The third kappa shape index (κ3) is 3.61. The number of hydrogen-bond donors (Lipinski definition) is 1. The maximum absolute atomic E-state index is 13.3. The third-order valence-electron chi connectivity index (χ3n) is 5.88. The number of carbonyl (C=O) groups excluding carboxylic acids is 1. The Kier molecular flexibility index (Phi) is 5.23. The van der Waals surface area contributed by atoms with E-state index in [9.17, 15) is 4.79 Å². The number of piperidine rings is 1. The van der Waals surface area contributed by atoms with Gasteiger partial charge in [0.2, 0.25) is 5.95 Å². The first-order valence-corrected chi connectivity index (χ1v) is 11.6. The second-order valence-electron chi connectivity index (χ2n) is 7.90. The molecule has 4 aromatic rings. The molecule has 1 N–H and O–H groups in total. The summed E-state index contributed by atoms with van der Waals surface area (Å²) in [6.45, 7) is 5.22. The molecule has 0 saturated carbocycles. The van der Waals surface area contributed by atoms with Crippen LogP contribution in [-0.4, -0.2) is 38.4 Å². The van der Waals surface area contributed by atoms with Crippen molar-refractivity contribution in [3.63, 3.8) is 0 Å². The molecule has 160 valence electrons. The van der Waals surface area contributed by atoms with Gasteiger partial charge in [0.25, 0.3) is 5.91 Å². The van der Waals surface area contributed by atoms with Crippen molar-refractivity contribution in [3.8, 4) is 0 Å². The van der Waals surface area contributed by atoms with E-state index in [1.165, 1.54) is 0 Å². The predicted octanol–water partition coefficient (Wildman–Crippen LogP) is 5.02. The van der Waals surface area contributed by atoms with E-state index in [4.69, 9.17) is 9.51 Å². The van der Waals surface area contributed by atoms with Crippen LogP contribution in [0, 0.1) is 6.92 Å². The van der Waals surface area contributed by atoms with E-state index in [1.807, 2.05) is 55.3 Å². The number of rotatable bonds is 5. The van der Waals surface area contributed by atoms with Gasteiger partial charge in [0, 0.05) is 42.7 Å². The summed E-state index contributed by atoms with van der Waals surface area (Å²) in [5.41, 5.74) is 3.35. The van der Waals surface area contributed by atoms with Crippen LogP contribution in [0.2, 0.25) is 0 Å². The highest BCUT2D eigenvalue weighted by Crippen LogP contribution is 2.34. The zero-order valence-electron chi connectivity index (χ0n) is 17.7. The number of amides is 1. The van der Waals surface area contributed by atoms with Crippen molar-refractivity contribution in [2.75, 3.05) is 18.4 Å². The summed E-state index contributed by atoms with van der Waals surface area (Å²) < 4.78 is 7.46. The van der Waals surface area contributed by atoms with Gasteiger partial charge >= 0.3 is 0 Å². The number of nitrogens with zero attached hydrogens (tertiary/aromatic N) is 4. The first-order valence-electron chi connectivity index (χ1n) is 10.7. The molecule has 0 bridgehead atoms. The zero-order chi connectivity index (χ0) is 21.4. The number of aryl methyl sites for hydroxylation is 2. The number of imidazole rings is 1. The molecule has 1 aromatic carbocycles. The van der Waals surface area contributed by atoms with Crippen LogP contribution in [-0.2, 0) is 6.42 Å². The van der Waals surface area contributed by atoms with Gasteiger partial charge in [0.05, 0.1) is 11.4 Å². The smallest absolute Gasteiger partial charge is 0.259 e. The van der Waals surface area contributed by atoms with Crippen molar-refractivity contribution in [1.29, 1.82) is 0 Å². The number of para-hydroxylation sites is 1. The Hall–Kier alpha value is -3.13. The van der Waals surface area contributed by atoms with Crippen LogP contribution >= 0.6 is 11.3 Å². The van der Waals surface area contributed by atoms with Crippen LogP contribution in [0.15, 0.2) is 46.4 Å². The Morgan fingerprint density at radius 1 is 1.32 bits per heavy atom. The topological polar surface area (TPSA) is 75.7 Å². The summed E-state index contributed by atoms with van der Waals surface area (Å²) in [5, 5.41) is 9.52. The molecule has 1 aliphatic heterocycles. The van der Waals surface area contributed by atoms with Crippen molar-refractivity contribution < 1.29 is 9.32 Å². The molecule has 1 atom stereocenters. The second-order valence-corrected chi connectivity index (χ2v) is 8.79. The van der Waals surface area contributed by atoms with Crippen molar-refractivity contribution in [3.05, 3.63) is 64.6 Å². The molecule has 31 heavy (non-hydrogen) atoms. The number of thiazole rings is 1. The molecule has 0 spiro atoms. The molecule has 0 unspecified atom stereocenters. The fourth-order valence-electron chi connectivity index (χ4n) is 4.33. The van der Waals surface area contributed by atoms with Gasteiger partial charge in [-0.25, -0.2) is 4.98 Å². The van der Waals surface area contributed by atoms with E-state index in [0.717, 1.165) is 41.5 Å². The van der Waals surface area contributed by atoms with Crippen molar-refractivity contribution in [1.82, 2.24) is 19.4 Å². The standard InChI is InChI=1S/C23H25N5O2S/c1-3-18-19(15(2)26-30-18)21(29)27-11-7-8-16(14-27)20-22-28(12-13-31-22)23(25-20)24-17-9-5-4-6-10-17/h4-6,9-10,12-13,16H,3,7-8,11,14H2,1-2H3,(H,24,25)/t16-/m1/s1. The van der Waals surface area contributed by atoms with Crippen LogP contribution in [0.25, 0.3) is 4.83 Å². The quantitative estimate of drug-likeness (QED) is 0.476. The van der Waals surface area contributed by atoms with Gasteiger partial charge in [-0.1, -0.05) is 30.3 Å². The molecule has 4 heterocycles. The molecule has 1 aliphatic rings. The van der Waals surface area contributed by atoms with Gasteiger partial charge in [0.15, 0.2) is 0 Å². The van der Waals surface area contributed by atoms with Crippen LogP contribution in [0.4, 0.5) is 11.6 Å². The van der Waals surface area contributed by atoms with Crippen LogP contribution < -0.4 is 5.32 Å². The van der Waals surface area contributed by atoms with Crippen molar-refractivity contribution in [2.24, 2.45) is 0 Å². The first kappa shape index (κ1) is 19.8. The number of likely N-dealkylation sites (tertiary alicyclic amines) is 1. The lowest BCUT2D eigenvalue weighted by molar-refractivity contribution is 0.0703. The van der Waals surface area contributed by atoms with Crippen LogP contribution in [0.1, 0.15) is 53.2 Å². The SMILES string of the molecule is CCc1onc(C)c1C(=O)N1CCC[C@@H](c2nc(Nc3ccccc3)n3ccsc23)C1. The normalized spacial score (nSPS) is 16.7. The van der Waals surface area contributed by atoms with E-state index in [0.29, 0.717) is 30.0 Å². The number of fused-ring (bicyclic) bond motifs is 1. The Labute approximate surface area is 184 Å². The maximum Gasteiger partial charge on any atom is 0.259 e. The third-order valence-corrected chi connectivity index (χ3v) is 6.76. The van der Waals surface area contributed by atoms with E-state index >= 15 is 0 Å². The minimum Gasteiger partial charge on any atom is -0.360 e. The summed E-state index contributed by atoms with van der Waals surface area (Å²) in [6, 6.07) is 10.1. The average molecular weight is 436 g/mol. The summed E-state index contributed by atoms with van der Waals surface area (Å²) in [7, 11) is 0. The van der Waals surface area contributed by atoms with Crippen LogP contribution in [0.3, 0.4) is 0 Å². The molecule has 5 rings (SSSR count). The number of anilines is 2. The molecule has 1 amide bonds. The largest absolute Gasteiger partial charge is 0.360 e. The lowest BCUT2D eigenvalue weighted by atomic mass is 9.94. The molecule has 0 radical (unpaired) electrons. The summed E-state index contributed by atoms with van der Waals surface area (Å²) in [6.07, 6.45) is 4.67. The number of nitrogens with one attached hydrogen (secondary N) is 1. The molecular weight excluding hydrogens is 410 g/mol. The maximum atomic E-state index is 13.3. The highest BCUT2D eigenvalue weighted by molar-refractivity contribution is 7.15. The lowest BCUT2D eigenvalue weighted by Crippen LogP contribution is -2.39. The highest BCUT2D eigenvalue weighted by Gasteiger charge is 2.32. The molecule has 8 heteroatoms. The fraction of sp³-hybridized carbons (Fsp3) is 0.348. The average Bonchev–Trinajstić information content (AvgIpc) is 3.50. The van der Waals surface area contributed by atoms with Gasteiger partial charge in [-0.2, -0.15) is 0 Å². The van der Waals surface area contributed by atoms with Gasteiger partial charge in [0.1, 0.15) is 16.2 Å². The minimum atomic E-state index is 0.0181. The molecule has 3 aromatic heterocycles. The minimum absolute atomic E-state index is 0.0181. The summed E-state index contributed by atoms with van der Waals surface area (Å²) >= 11 is 1.69. The lowest BCUT2D eigenvalue weighted by Gasteiger charge is -2.32. The van der Waals surface area contributed by atoms with E-state index < -0.39 is 0 Å². The van der Waals surface area contributed by atoms with E-state index in [-0.39, 0.29) is 11.8 Å².